The monoisotopic (exact) mass is 197 g/mol. The van der Waals surface area contributed by atoms with Crippen molar-refractivity contribution < 1.29 is 8.83 Å². The second-order valence-electron chi connectivity index (χ2n) is 2.72. The van der Waals surface area contributed by atoms with Crippen molar-refractivity contribution in [3.63, 3.8) is 0 Å². The molecule has 2 rings (SSSR count). The lowest BCUT2D eigenvalue weighted by Crippen LogP contribution is -1.76. The Kier molecular flexibility index (Phi) is 2.10. The molecule has 0 amide bonds. The molecule has 0 aliphatic carbocycles. The lowest BCUT2D eigenvalue weighted by atomic mass is 10.3. The number of rotatable bonds is 2. The zero-order chi connectivity index (χ0) is 9.26. The molecule has 0 bridgehead atoms. The minimum Gasteiger partial charge on any atom is -0.469 e. The molecule has 0 saturated carbocycles. The van der Waals surface area contributed by atoms with Crippen LogP contribution in [0.4, 0.5) is 0 Å². The number of hydrogen-bond acceptors (Lipinski definition) is 3. The topological polar surface area (TPSA) is 39.2 Å². The van der Waals surface area contributed by atoms with Crippen molar-refractivity contribution in [2.75, 3.05) is 0 Å². The maximum atomic E-state index is 5.59. The van der Waals surface area contributed by atoms with E-state index in [1.807, 2.05) is 13.0 Å². The zero-order valence-electron chi connectivity index (χ0n) is 7.08. The Bertz CT molecular complexity index is 405. The van der Waals surface area contributed by atoms with E-state index in [1.54, 1.807) is 12.5 Å². The Morgan fingerprint density at radius 1 is 1.38 bits per heavy atom. The molecule has 4 heteroatoms. The van der Waals surface area contributed by atoms with Crippen molar-refractivity contribution in [1.82, 2.24) is 4.98 Å². The van der Waals surface area contributed by atoms with Crippen LogP contribution in [0.25, 0.3) is 11.5 Å². The van der Waals surface area contributed by atoms with Gasteiger partial charge in [-0.05, 0) is 13.0 Å². The van der Waals surface area contributed by atoms with Gasteiger partial charge in [0.05, 0.1) is 17.1 Å². The summed E-state index contributed by atoms with van der Waals surface area (Å²) in [5, 5.41) is 0. The molecule has 3 nitrogen and oxygen atoms in total. The molecule has 0 aliphatic heterocycles. The van der Waals surface area contributed by atoms with Gasteiger partial charge in [0, 0.05) is 0 Å². The Hall–Kier alpha value is -1.22. The van der Waals surface area contributed by atoms with E-state index < -0.39 is 0 Å². The van der Waals surface area contributed by atoms with Gasteiger partial charge in [-0.25, -0.2) is 4.98 Å². The van der Waals surface area contributed by atoms with Crippen molar-refractivity contribution in [1.29, 1.82) is 0 Å². The third-order valence-corrected chi connectivity index (χ3v) is 1.94. The average Bonchev–Trinajstić information content (AvgIpc) is 2.71. The smallest absolute Gasteiger partial charge is 0.229 e. The number of aryl methyl sites for hydroxylation is 1. The van der Waals surface area contributed by atoms with Crippen LogP contribution in [-0.2, 0) is 5.88 Å². The normalized spacial score (nSPS) is 10.6. The second kappa shape index (κ2) is 3.26. The molecule has 0 radical (unpaired) electrons. The van der Waals surface area contributed by atoms with E-state index in [0.717, 1.165) is 17.0 Å². The molecule has 0 aromatic carbocycles. The first-order chi connectivity index (χ1) is 6.29. The SMILES string of the molecule is Cc1cc(-c2nc(CCl)co2)co1. The van der Waals surface area contributed by atoms with Crippen molar-refractivity contribution in [3.8, 4) is 11.5 Å². The van der Waals surface area contributed by atoms with Gasteiger partial charge in [0.25, 0.3) is 0 Å². The molecule has 0 aliphatic rings. The summed E-state index contributed by atoms with van der Waals surface area (Å²) in [5.74, 6) is 1.74. The van der Waals surface area contributed by atoms with Crippen LogP contribution in [0.5, 0.6) is 0 Å². The standard InChI is InChI=1S/C9H8ClNO2/c1-6-2-7(4-12-6)9-11-8(3-10)5-13-9/h2,4-5H,3H2,1H3. The number of furan rings is 1. The molecule has 2 aromatic rings. The summed E-state index contributed by atoms with van der Waals surface area (Å²) in [5.41, 5.74) is 1.57. The molecule has 68 valence electrons. The first kappa shape index (κ1) is 8.38. The lowest BCUT2D eigenvalue weighted by molar-refractivity contribution is 0.531. The first-order valence-corrected chi connectivity index (χ1v) is 4.39. The number of alkyl halides is 1. The van der Waals surface area contributed by atoms with E-state index in [1.165, 1.54) is 0 Å². The molecule has 0 N–H and O–H groups in total. The average molecular weight is 198 g/mol. The summed E-state index contributed by atoms with van der Waals surface area (Å²) in [4.78, 5) is 4.15. The van der Waals surface area contributed by atoms with Crippen LogP contribution in [0, 0.1) is 6.92 Å². The van der Waals surface area contributed by atoms with E-state index in [2.05, 4.69) is 4.98 Å². The van der Waals surface area contributed by atoms with E-state index in [-0.39, 0.29) is 0 Å². The minimum atomic E-state index is 0.361. The number of nitrogens with zero attached hydrogens (tertiary/aromatic N) is 1. The summed E-state index contributed by atoms with van der Waals surface area (Å²) < 4.78 is 10.3. The van der Waals surface area contributed by atoms with E-state index in [9.17, 15) is 0 Å². The van der Waals surface area contributed by atoms with Crippen molar-refractivity contribution in [3.05, 3.63) is 30.0 Å². The van der Waals surface area contributed by atoms with Crippen LogP contribution >= 0.6 is 11.6 Å². The molecule has 0 spiro atoms. The minimum absolute atomic E-state index is 0.361. The van der Waals surface area contributed by atoms with E-state index in [4.69, 9.17) is 20.4 Å². The van der Waals surface area contributed by atoms with Gasteiger partial charge < -0.3 is 8.83 Å². The molecule has 0 fully saturated rings. The van der Waals surface area contributed by atoms with Gasteiger partial charge in [-0.15, -0.1) is 11.6 Å². The van der Waals surface area contributed by atoms with Crippen LogP contribution in [0.2, 0.25) is 0 Å². The summed E-state index contributed by atoms with van der Waals surface area (Å²) in [6.45, 7) is 1.87. The zero-order valence-corrected chi connectivity index (χ0v) is 7.84. The van der Waals surface area contributed by atoms with Gasteiger partial charge in [-0.2, -0.15) is 0 Å². The van der Waals surface area contributed by atoms with Gasteiger partial charge in [0.15, 0.2) is 0 Å². The molecular formula is C9H8ClNO2. The van der Waals surface area contributed by atoms with Gasteiger partial charge >= 0.3 is 0 Å². The molecule has 0 saturated heterocycles. The largest absolute Gasteiger partial charge is 0.469 e. The fourth-order valence-corrected chi connectivity index (χ4v) is 1.18. The molecule has 13 heavy (non-hydrogen) atoms. The third-order valence-electron chi connectivity index (χ3n) is 1.67. The van der Waals surface area contributed by atoms with Gasteiger partial charge in [-0.3, -0.25) is 0 Å². The number of halogens is 1. The number of oxazole rings is 1. The third kappa shape index (κ3) is 1.60. The fraction of sp³-hybridized carbons (Fsp3) is 0.222. The van der Waals surface area contributed by atoms with Gasteiger partial charge in [0.1, 0.15) is 18.3 Å². The Morgan fingerprint density at radius 3 is 2.77 bits per heavy atom. The van der Waals surface area contributed by atoms with Crippen LogP contribution in [0.3, 0.4) is 0 Å². The quantitative estimate of drug-likeness (QED) is 0.695. The van der Waals surface area contributed by atoms with E-state index in [0.29, 0.717) is 11.8 Å². The molecule has 0 atom stereocenters. The summed E-state index contributed by atoms with van der Waals surface area (Å²) in [6, 6.07) is 1.86. The van der Waals surface area contributed by atoms with Crippen LogP contribution in [-0.4, -0.2) is 4.98 Å². The second-order valence-corrected chi connectivity index (χ2v) is 2.99. The maximum absolute atomic E-state index is 5.59. The summed E-state index contributed by atoms with van der Waals surface area (Å²) in [7, 11) is 0. The molecule has 2 aromatic heterocycles. The molecular weight excluding hydrogens is 190 g/mol. The fourth-order valence-electron chi connectivity index (χ4n) is 1.06. The van der Waals surface area contributed by atoms with Crippen molar-refractivity contribution in [2.45, 2.75) is 12.8 Å². The highest BCUT2D eigenvalue weighted by Gasteiger charge is 2.07. The van der Waals surface area contributed by atoms with E-state index >= 15 is 0 Å². The number of hydrogen-bond donors (Lipinski definition) is 0. The first-order valence-electron chi connectivity index (χ1n) is 3.85. The van der Waals surface area contributed by atoms with Crippen molar-refractivity contribution in [2.24, 2.45) is 0 Å². The van der Waals surface area contributed by atoms with Gasteiger partial charge in [-0.1, -0.05) is 0 Å². The molecule has 0 unspecified atom stereocenters. The Labute approximate surface area is 80.3 Å². The Balaban J connectivity index is 2.35. The highest BCUT2D eigenvalue weighted by atomic mass is 35.5. The highest BCUT2D eigenvalue weighted by molar-refractivity contribution is 6.16. The lowest BCUT2D eigenvalue weighted by Gasteiger charge is -1.83. The van der Waals surface area contributed by atoms with Crippen LogP contribution in [0.15, 0.2) is 27.4 Å². The highest BCUT2D eigenvalue weighted by Crippen LogP contribution is 2.21. The Morgan fingerprint density at radius 2 is 2.23 bits per heavy atom. The predicted octanol–water partition coefficient (Wildman–Crippen LogP) is 2.98. The predicted molar refractivity (Wildman–Crippen MR) is 48.5 cm³/mol. The summed E-state index contributed by atoms with van der Waals surface area (Å²) >= 11 is 5.59. The molecule has 2 heterocycles. The maximum Gasteiger partial charge on any atom is 0.229 e. The van der Waals surface area contributed by atoms with Crippen LogP contribution in [0.1, 0.15) is 11.5 Å². The van der Waals surface area contributed by atoms with Gasteiger partial charge in [0.2, 0.25) is 5.89 Å². The van der Waals surface area contributed by atoms with Crippen molar-refractivity contribution >= 4 is 11.6 Å². The summed E-state index contributed by atoms with van der Waals surface area (Å²) in [6.07, 6.45) is 3.16. The number of aromatic nitrogens is 1. The van der Waals surface area contributed by atoms with Crippen LogP contribution < -0.4 is 0 Å².